The lowest BCUT2D eigenvalue weighted by molar-refractivity contribution is 0.0950. The van der Waals surface area contributed by atoms with Crippen LogP contribution in [0.4, 0.5) is 4.39 Å². The van der Waals surface area contributed by atoms with E-state index in [1.54, 1.807) is 19.2 Å². The van der Waals surface area contributed by atoms with E-state index in [9.17, 15) is 9.18 Å². The van der Waals surface area contributed by atoms with Crippen LogP contribution >= 0.6 is 0 Å². The van der Waals surface area contributed by atoms with Crippen molar-refractivity contribution in [1.82, 2.24) is 15.6 Å². The van der Waals surface area contributed by atoms with Gasteiger partial charge in [-0.25, -0.2) is 4.39 Å². The van der Waals surface area contributed by atoms with E-state index >= 15 is 0 Å². The number of pyridine rings is 1. The van der Waals surface area contributed by atoms with Crippen molar-refractivity contribution in [2.75, 3.05) is 6.54 Å². The molecule has 0 aliphatic heterocycles. The minimum absolute atomic E-state index is 0.228. The first-order valence-corrected chi connectivity index (χ1v) is 10.5. The first-order valence-electron chi connectivity index (χ1n) is 10.5. The molecule has 2 aromatic rings. The van der Waals surface area contributed by atoms with Crippen LogP contribution in [0.2, 0.25) is 0 Å². The van der Waals surface area contributed by atoms with Gasteiger partial charge in [0.25, 0.3) is 5.91 Å². The van der Waals surface area contributed by atoms with Crippen molar-refractivity contribution in [3.63, 3.8) is 0 Å². The van der Waals surface area contributed by atoms with Crippen LogP contribution in [-0.4, -0.2) is 23.5 Å². The van der Waals surface area contributed by atoms with E-state index in [2.05, 4.69) is 22.2 Å². The fraction of sp³-hybridized carbons (Fsp3) is 0.417. The lowest BCUT2D eigenvalue weighted by Crippen LogP contribution is -2.25. The molecule has 0 saturated heterocycles. The van der Waals surface area contributed by atoms with E-state index in [4.69, 9.17) is 0 Å². The van der Waals surface area contributed by atoms with E-state index in [-0.39, 0.29) is 11.9 Å². The molecule has 0 unspecified atom stereocenters. The Morgan fingerprint density at radius 1 is 1.17 bits per heavy atom. The van der Waals surface area contributed by atoms with Crippen molar-refractivity contribution in [3.05, 3.63) is 59.5 Å². The maximum atomic E-state index is 14.5. The molecule has 2 fully saturated rings. The number of hydrogen-bond donors (Lipinski definition) is 2. The highest BCUT2D eigenvalue weighted by Crippen LogP contribution is 2.28. The lowest BCUT2D eigenvalue weighted by atomic mass is 10.00. The summed E-state index contributed by atoms with van der Waals surface area (Å²) in [4.78, 5) is 16.9. The third-order valence-electron chi connectivity index (χ3n) is 5.99. The summed E-state index contributed by atoms with van der Waals surface area (Å²) in [5.41, 5.74) is 3.90. The fourth-order valence-electron chi connectivity index (χ4n) is 3.89. The smallest absolute Gasteiger partial charge is 0.251 e. The quantitative estimate of drug-likeness (QED) is 0.708. The van der Waals surface area contributed by atoms with Crippen LogP contribution in [0.3, 0.4) is 0 Å². The third kappa shape index (κ3) is 4.66. The van der Waals surface area contributed by atoms with Crippen molar-refractivity contribution < 1.29 is 9.18 Å². The van der Waals surface area contributed by atoms with E-state index < -0.39 is 5.82 Å². The van der Waals surface area contributed by atoms with Gasteiger partial charge in [-0.2, -0.15) is 0 Å². The van der Waals surface area contributed by atoms with Gasteiger partial charge >= 0.3 is 0 Å². The van der Waals surface area contributed by atoms with E-state index in [0.717, 1.165) is 36.6 Å². The van der Waals surface area contributed by atoms with Crippen molar-refractivity contribution in [1.29, 1.82) is 0 Å². The molecule has 2 aliphatic rings. The first kappa shape index (κ1) is 19.6. The zero-order chi connectivity index (χ0) is 20.4. The molecule has 0 radical (unpaired) electrons. The Bertz CT molecular complexity index is 912. The topological polar surface area (TPSA) is 54.0 Å². The van der Waals surface area contributed by atoms with Gasteiger partial charge in [0, 0.05) is 41.2 Å². The minimum atomic E-state index is -0.392. The number of hydrogen-bond acceptors (Lipinski definition) is 3. The number of carbonyl (C=O) groups is 1. The molecule has 2 saturated carbocycles. The molecule has 1 aromatic carbocycles. The van der Waals surface area contributed by atoms with Crippen LogP contribution in [0.15, 0.2) is 37.0 Å². The van der Waals surface area contributed by atoms with Gasteiger partial charge in [-0.1, -0.05) is 19.4 Å². The Morgan fingerprint density at radius 2 is 1.93 bits per heavy atom. The number of amides is 1. The van der Waals surface area contributed by atoms with Crippen LogP contribution in [0, 0.1) is 18.7 Å². The summed E-state index contributed by atoms with van der Waals surface area (Å²) in [6, 6.07) is 7.07. The normalized spacial score (nSPS) is 16.6. The SMILES string of the molecule is C=C(NCC1CCCC1)c1ccc(-c2cc(C(=O)NC3CC3)cc(F)c2C)nc1. The van der Waals surface area contributed by atoms with Crippen molar-refractivity contribution >= 4 is 11.6 Å². The molecule has 0 atom stereocenters. The predicted octanol–water partition coefficient (Wildman–Crippen LogP) is 4.84. The summed E-state index contributed by atoms with van der Waals surface area (Å²) in [7, 11) is 0. The summed E-state index contributed by atoms with van der Waals surface area (Å²) in [6.45, 7) is 6.79. The van der Waals surface area contributed by atoms with Crippen LogP contribution < -0.4 is 10.6 Å². The van der Waals surface area contributed by atoms with Crippen molar-refractivity contribution in [2.24, 2.45) is 5.92 Å². The van der Waals surface area contributed by atoms with E-state index in [1.165, 1.54) is 31.7 Å². The molecule has 5 heteroatoms. The fourth-order valence-corrected chi connectivity index (χ4v) is 3.89. The Kier molecular flexibility index (Phi) is 5.65. The summed E-state index contributed by atoms with van der Waals surface area (Å²) in [6.07, 6.45) is 8.96. The molecule has 0 spiro atoms. The molecule has 4 nitrogen and oxygen atoms in total. The predicted molar refractivity (Wildman–Crippen MR) is 114 cm³/mol. The maximum absolute atomic E-state index is 14.5. The third-order valence-corrected chi connectivity index (χ3v) is 5.99. The van der Waals surface area contributed by atoms with Gasteiger partial charge in [0.2, 0.25) is 0 Å². The number of nitrogens with zero attached hydrogens (tertiary/aromatic N) is 1. The van der Waals surface area contributed by atoms with Gasteiger partial charge in [-0.05, 0) is 68.4 Å². The molecule has 1 amide bonds. The van der Waals surface area contributed by atoms with Crippen LogP contribution in [0.1, 0.15) is 60.0 Å². The number of nitrogens with one attached hydrogen (secondary N) is 2. The summed E-state index contributed by atoms with van der Waals surface area (Å²) in [5.74, 6) is 0.111. The van der Waals surface area contributed by atoms with Gasteiger partial charge in [-0.3, -0.25) is 9.78 Å². The lowest BCUT2D eigenvalue weighted by Gasteiger charge is -2.15. The average molecular weight is 394 g/mol. The molecular weight excluding hydrogens is 365 g/mol. The largest absolute Gasteiger partial charge is 0.385 e. The Morgan fingerprint density at radius 3 is 2.59 bits per heavy atom. The maximum Gasteiger partial charge on any atom is 0.251 e. The van der Waals surface area contributed by atoms with Crippen molar-refractivity contribution in [2.45, 2.75) is 51.5 Å². The highest BCUT2D eigenvalue weighted by atomic mass is 19.1. The van der Waals surface area contributed by atoms with Gasteiger partial charge in [-0.15, -0.1) is 0 Å². The van der Waals surface area contributed by atoms with Crippen LogP contribution in [-0.2, 0) is 0 Å². The second-order valence-corrected chi connectivity index (χ2v) is 8.32. The molecule has 2 aliphatic carbocycles. The number of benzene rings is 1. The molecule has 1 aromatic heterocycles. The van der Waals surface area contributed by atoms with Crippen molar-refractivity contribution in [3.8, 4) is 11.3 Å². The summed E-state index contributed by atoms with van der Waals surface area (Å²) < 4.78 is 14.5. The van der Waals surface area contributed by atoms with E-state index in [1.807, 2.05) is 12.1 Å². The minimum Gasteiger partial charge on any atom is -0.385 e. The zero-order valence-corrected chi connectivity index (χ0v) is 16.9. The number of aromatic nitrogens is 1. The summed E-state index contributed by atoms with van der Waals surface area (Å²) >= 11 is 0. The monoisotopic (exact) mass is 393 g/mol. The molecule has 1 heterocycles. The molecule has 4 rings (SSSR count). The second kappa shape index (κ2) is 8.36. The average Bonchev–Trinajstić information content (AvgIpc) is 3.38. The molecule has 2 N–H and O–H groups in total. The zero-order valence-electron chi connectivity index (χ0n) is 16.9. The number of carbonyl (C=O) groups excluding carboxylic acids is 1. The van der Waals surface area contributed by atoms with Gasteiger partial charge in [0.05, 0.1) is 5.69 Å². The van der Waals surface area contributed by atoms with Gasteiger partial charge < -0.3 is 10.6 Å². The highest BCUT2D eigenvalue weighted by Gasteiger charge is 2.24. The van der Waals surface area contributed by atoms with E-state index in [0.29, 0.717) is 22.4 Å². The molecular formula is C24H28FN3O. The molecule has 29 heavy (non-hydrogen) atoms. The number of rotatable bonds is 7. The Labute approximate surface area is 171 Å². The van der Waals surface area contributed by atoms with Crippen LogP contribution in [0.5, 0.6) is 0 Å². The van der Waals surface area contributed by atoms with Crippen LogP contribution in [0.25, 0.3) is 17.0 Å². The Balaban J connectivity index is 1.49. The number of halogens is 1. The molecule has 0 bridgehead atoms. The first-order chi connectivity index (χ1) is 14.0. The van der Waals surface area contributed by atoms with Gasteiger partial charge in [0.1, 0.15) is 5.82 Å². The highest BCUT2D eigenvalue weighted by molar-refractivity contribution is 5.96. The standard InChI is InChI=1S/C24H28FN3O/c1-15-21(11-19(12-22(15)25)24(29)28-20-8-9-20)23-10-7-18(14-27-23)16(2)26-13-17-5-3-4-6-17/h7,10-12,14,17,20,26H,2-6,8-9,13H2,1H3,(H,28,29). The Hall–Kier alpha value is -2.69. The molecule has 152 valence electrons. The summed E-state index contributed by atoms with van der Waals surface area (Å²) in [5, 5.41) is 6.33. The second-order valence-electron chi connectivity index (χ2n) is 8.32. The van der Waals surface area contributed by atoms with Gasteiger partial charge in [0.15, 0.2) is 0 Å².